The molecule has 1 fully saturated rings. The van der Waals surface area contributed by atoms with Crippen molar-refractivity contribution in [3.05, 3.63) is 47.3 Å². The van der Waals surface area contributed by atoms with Crippen molar-refractivity contribution < 1.29 is 25.2 Å². The molecule has 1 aliphatic heterocycles. The maximum atomic E-state index is 10.1. The summed E-state index contributed by atoms with van der Waals surface area (Å²) in [5.41, 5.74) is 3.02. The van der Waals surface area contributed by atoms with E-state index in [1.165, 1.54) is 10.2 Å². The van der Waals surface area contributed by atoms with Crippen molar-refractivity contribution in [2.45, 2.75) is 50.4 Å². The second-order valence-corrected chi connectivity index (χ2v) is 6.26. The Hall–Kier alpha value is -1.84. The largest absolute Gasteiger partial charge is 0.394 e. The Morgan fingerprint density at radius 3 is 2.36 bits per heavy atom. The molecule has 2 heterocycles. The first-order valence-electron chi connectivity index (χ1n) is 8.32. The lowest BCUT2D eigenvalue weighted by Gasteiger charge is -2.39. The zero-order chi connectivity index (χ0) is 18.0. The molecule has 0 bridgehead atoms. The molecule has 8 nitrogen and oxygen atoms in total. The van der Waals surface area contributed by atoms with E-state index < -0.39 is 37.3 Å². The van der Waals surface area contributed by atoms with Crippen LogP contribution in [0.5, 0.6) is 0 Å². The van der Waals surface area contributed by atoms with Crippen molar-refractivity contribution in [3.8, 4) is 0 Å². The van der Waals surface area contributed by atoms with E-state index in [-0.39, 0.29) is 0 Å². The summed E-state index contributed by atoms with van der Waals surface area (Å²) in [6.07, 6.45) is -3.04. The molecular formula is C17H23N3O5. The highest BCUT2D eigenvalue weighted by Crippen LogP contribution is 2.27. The van der Waals surface area contributed by atoms with E-state index in [0.29, 0.717) is 12.1 Å². The number of aliphatic hydroxyl groups excluding tert-OH is 4. The molecule has 1 aromatic heterocycles. The van der Waals surface area contributed by atoms with Crippen LogP contribution in [0.15, 0.2) is 30.5 Å². The Bertz CT molecular complexity index is 688. The summed E-state index contributed by atoms with van der Waals surface area (Å²) >= 11 is 0. The van der Waals surface area contributed by atoms with Gasteiger partial charge in [-0.05, 0) is 17.5 Å². The summed E-state index contributed by atoms with van der Waals surface area (Å²) in [5.74, 6) is 0. The second kappa shape index (κ2) is 7.59. The van der Waals surface area contributed by atoms with Gasteiger partial charge in [0.15, 0.2) is 6.23 Å². The zero-order valence-corrected chi connectivity index (χ0v) is 13.9. The molecular weight excluding hydrogens is 326 g/mol. The van der Waals surface area contributed by atoms with Crippen molar-refractivity contribution in [1.29, 1.82) is 0 Å². The van der Waals surface area contributed by atoms with E-state index in [1.54, 1.807) is 6.20 Å². The van der Waals surface area contributed by atoms with Crippen molar-refractivity contribution in [1.82, 2.24) is 15.0 Å². The maximum Gasteiger partial charge on any atom is 0.180 e. The Labute approximate surface area is 145 Å². The highest BCUT2D eigenvalue weighted by atomic mass is 16.6. The number of hydrogen-bond acceptors (Lipinski definition) is 7. The molecule has 8 heteroatoms. The maximum absolute atomic E-state index is 10.1. The molecule has 0 saturated carbocycles. The number of aromatic nitrogens is 3. The Balaban J connectivity index is 1.73. The third-order valence-corrected chi connectivity index (χ3v) is 4.50. The summed E-state index contributed by atoms with van der Waals surface area (Å²) < 4.78 is 6.76. The van der Waals surface area contributed by atoms with Crippen LogP contribution in [-0.4, -0.2) is 66.4 Å². The number of rotatable bonds is 5. The first-order valence-corrected chi connectivity index (χ1v) is 8.32. The molecule has 1 aromatic carbocycles. The number of nitrogens with zero attached hydrogens (tertiary/aromatic N) is 3. The zero-order valence-electron chi connectivity index (χ0n) is 13.9. The molecule has 3 rings (SSSR count). The fourth-order valence-electron chi connectivity index (χ4n) is 2.92. The van der Waals surface area contributed by atoms with Gasteiger partial charge in [-0.25, -0.2) is 4.68 Å². The van der Waals surface area contributed by atoms with Gasteiger partial charge in [-0.2, -0.15) is 0 Å². The number of aryl methyl sites for hydroxylation is 1. The molecule has 0 spiro atoms. The lowest BCUT2D eigenvalue weighted by atomic mass is 9.98. The lowest BCUT2D eigenvalue weighted by molar-refractivity contribution is -0.254. The first kappa shape index (κ1) is 18.0. The monoisotopic (exact) mass is 349 g/mol. The Morgan fingerprint density at radius 1 is 1.04 bits per heavy atom. The smallest absolute Gasteiger partial charge is 0.180 e. The fraction of sp³-hybridized carbons (Fsp3) is 0.529. The standard InChI is InChI=1S/C17H23N3O5/c1-2-10-3-5-11(6-4-10)7-12-8-20(19-18-12)17-16(24)15(23)14(22)13(9-21)25-17/h3-6,8,13-17,21-24H,2,7,9H2,1H3/t13-,14-,15+,16-,17?/m1/s1. The summed E-state index contributed by atoms with van der Waals surface area (Å²) in [6, 6.07) is 8.20. The molecule has 2 aromatic rings. The van der Waals surface area contributed by atoms with Crippen LogP contribution in [0.1, 0.15) is 30.0 Å². The van der Waals surface area contributed by atoms with Gasteiger partial charge in [0, 0.05) is 6.42 Å². The molecule has 4 N–H and O–H groups in total. The molecule has 0 amide bonds. The van der Waals surface area contributed by atoms with Crippen LogP contribution in [0.4, 0.5) is 0 Å². The van der Waals surface area contributed by atoms with E-state index in [9.17, 15) is 20.4 Å². The van der Waals surface area contributed by atoms with Crippen LogP contribution in [0.25, 0.3) is 0 Å². The van der Waals surface area contributed by atoms with E-state index in [0.717, 1.165) is 12.0 Å². The van der Waals surface area contributed by atoms with Crippen molar-refractivity contribution >= 4 is 0 Å². The van der Waals surface area contributed by atoms with E-state index >= 15 is 0 Å². The molecule has 1 unspecified atom stereocenters. The third kappa shape index (κ3) is 3.73. The predicted molar refractivity (Wildman–Crippen MR) is 87.7 cm³/mol. The van der Waals surface area contributed by atoms with Gasteiger partial charge < -0.3 is 25.2 Å². The summed E-state index contributed by atoms with van der Waals surface area (Å²) in [6.45, 7) is 1.62. The van der Waals surface area contributed by atoms with Crippen molar-refractivity contribution in [2.75, 3.05) is 6.61 Å². The molecule has 1 saturated heterocycles. The number of benzene rings is 1. The van der Waals surface area contributed by atoms with Gasteiger partial charge in [0.05, 0.1) is 18.5 Å². The Morgan fingerprint density at radius 2 is 1.72 bits per heavy atom. The minimum atomic E-state index is -1.44. The van der Waals surface area contributed by atoms with Crippen molar-refractivity contribution in [2.24, 2.45) is 0 Å². The van der Waals surface area contributed by atoms with E-state index in [4.69, 9.17) is 4.74 Å². The van der Waals surface area contributed by atoms with Gasteiger partial charge in [0.25, 0.3) is 0 Å². The minimum absolute atomic E-state index is 0.479. The van der Waals surface area contributed by atoms with Crippen LogP contribution < -0.4 is 0 Å². The number of ether oxygens (including phenoxy) is 1. The average Bonchev–Trinajstić information content (AvgIpc) is 3.09. The normalized spacial score (nSPS) is 29.7. The van der Waals surface area contributed by atoms with Gasteiger partial charge >= 0.3 is 0 Å². The van der Waals surface area contributed by atoms with Gasteiger partial charge in [-0.3, -0.25) is 0 Å². The quantitative estimate of drug-likeness (QED) is 0.569. The van der Waals surface area contributed by atoms with Crippen LogP contribution in [-0.2, 0) is 17.6 Å². The van der Waals surface area contributed by atoms with Crippen LogP contribution in [0, 0.1) is 0 Å². The van der Waals surface area contributed by atoms with Gasteiger partial charge in [0.2, 0.25) is 0 Å². The van der Waals surface area contributed by atoms with Gasteiger partial charge in [0.1, 0.15) is 24.4 Å². The molecule has 0 aliphatic carbocycles. The molecule has 5 atom stereocenters. The van der Waals surface area contributed by atoms with E-state index in [2.05, 4.69) is 29.4 Å². The second-order valence-electron chi connectivity index (χ2n) is 6.26. The topological polar surface area (TPSA) is 121 Å². The molecule has 25 heavy (non-hydrogen) atoms. The van der Waals surface area contributed by atoms with Crippen LogP contribution >= 0.6 is 0 Å². The third-order valence-electron chi connectivity index (χ3n) is 4.50. The Kier molecular flexibility index (Phi) is 5.45. The first-order chi connectivity index (χ1) is 12.0. The molecule has 136 valence electrons. The van der Waals surface area contributed by atoms with E-state index in [1.807, 2.05) is 12.1 Å². The predicted octanol–water partition coefficient (Wildman–Crippen LogP) is -0.596. The fourth-order valence-corrected chi connectivity index (χ4v) is 2.92. The van der Waals surface area contributed by atoms with Gasteiger partial charge in [-0.15, -0.1) is 5.10 Å². The SMILES string of the molecule is CCc1ccc(Cc2cn(C3O[C@H](CO)[C@@H](O)[C@H](O)[C@H]3O)nn2)cc1. The highest BCUT2D eigenvalue weighted by molar-refractivity contribution is 5.25. The molecule has 1 aliphatic rings. The van der Waals surface area contributed by atoms with Crippen LogP contribution in [0.2, 0.25) is 0 Å². The summed E-state index contributed by atoms with van der Waals surface area (Å²) in [4.78, 5) is 0. The van der Waals surface area contributed by atoms with Crippen LogP contribution in [0.3, 0.4) is 0 Å². The van der Waals surface area contributed by atoms with Gasteiger partial charge in [-0.1, -0.05) is 36.4 Å². The lowest BCUT2D eigenvalue weighted by Crippen LogP contribution is -2.56. The number of hydrogen-bond donors (Lipinski definition) is 4. The van der Waals surface area contributed by atoms with Crippen molar-refractivity contribution in [3.63, 3.8) is 0 Å². The summed E-state index contributed by atoms with van der Waals surface area (Å²) in [7, 11) is 0. The summed E-state index contributed by atoms with van der Waals surface area (Å²) in [5, 5.41) is 47.1. The average molecular weight is 349 g/mol. The minimum Gasteiger partial charge on any atom is -0.394 e. The highest BCUT2D eigenvalue weighted by Gasteiger charge is 2.44. The molecule has 0 radical (unpaired) electrons. The number of aliphatic hydroxyl groups is 4.